The zero-order valence-corrected chi connectivity index (χ0v) is 16.5. The predicted molar refractivity (Wildman–Crippen MR) is 111 cm³/mol. The molecule has 1 aromatic heterocycles. The molecule has 29 heavy (non-hydrogen) atoms. The minimum atomic E-state index is -0.222. The fourth-order valence-electron chi connectivity index (χ4n) is 3.24. The van der Waals surface area contributed by atoms with E-state index in [1.807, 2.05) is 30.3 Å². The molecule has 1 aliphatic heterocycles. The molecule has 2 aromatic carbocycles. The van der Waals surface area contributed by atoms with Crippen LogP contribution in [0.15, 0.2) is 76.2 Å². The van der Waals surface area contributed by atoms with Gasteiger partial charge in [-0.15, -0.1) is 11.8 Å². The number of phenols is 1. The first-order chi connectivity index (χ1) is 14.1. The first-order valence-electron chi connectivity index (χ1n) is 9.21. The molecular weight excluding hydrogens is 388 g/mol. The van der Waals surface area contributed by atoms with E-state index in [0.29, 0.717) is 17.1 Å². The molecule has 0 unspecified atom stereocenters. The number of hydrogen-bond donors (Lipinski definition) is 1. The molecule has 4 rings (SSSR count). The average Bonchev–Trinajstić information content (AvgIpc) is 3.24. The van der Waals surface area contributed by atoms with Gasteiger partial charge < -0.3 is 19.3 Å². The number of carbonyl (C=O) groups is 2. The normalized spacial score (nSPS) is 13.2. The van der Waals surface area contributed by atoms with Crippen molar-refractivity contribution in [3.05, 3.63) is 78.3 Å². The molecule has 0 bridgehead atoms. The lowest BCUT2D eigenvalue weighted by atomic mass is 10.2. The summed E-state index contributed by atoms with van der Waals surface area (Å²) < 4.78 is 5.41. The Morgan fingerprint density at radius 2 is 1.86 bits per heavy atom. The van der Waals surface area contributed by atoms with Crippen LogP contribution in [0.25, 0.3) is 0 Å². The average molecular weight is 408 g/mol. The highest BCUT2D eigenvalue weighted by Gasteiger charge is 2.28. The Morgan fingerprint density at radius 3 is 2.66 bits per heavy atom. The third-order valence-electron chi connectivity index (χ3n) is 4.73. The van der Waals surface area contributed by atoms with Crippen molar-refractivity contribution in [1.29, 1.82) is 0 Å². The number of thioether (sulfide) groups is 1. The highest BCUT2D eigenvalue weighted by molar-refractivity contribution is 8.00. The zero-order valence-electron chi connectivity index (χ0n) is 15.7. The van der Waals surface area contributed by atoms with Gasteiger partial charge in [0.05, 0.1) is 24.2 Å². The number of hydrogen-bond acceptors (Lipinski definition) is 5. The molecule has 0 spiro atoms. The van der Waals surface area contributed by atoms with E-state index in [1.54, 1.807) is 41.5 Å². The monoisotopic (exact) mass is 408 g/mol. The summed E-state index contributed by atoms with van der Waals surface area (Å²) in [5.74, 6) is 0.750. The fraction of sp³-hybridized carbons (Fsp3) is 0.182. The lowest BCUT2D eigenvalue weighted by Gasteiger charge is -2.31. The van der Waals surface area contributed by atoms with Gasteiger partial charge in [-0.2, -0.15) is 0 Å². The van der Waals surface area contributed by atoms with Crippen LogP contribution in [0.2, 0.25) is 0 Å². The number of para-hydroxylation sites is 2. The molecule has 7 heteroatoms. The summed E-state index contributed by atoms with van der Waals surface area (Å²) in [7, 11) is 0. The lowest BCUT2D eigenvalue weighted by Crippen LogP contribution is -2.44. The molecule has 6 nitrogen and oxygen atoms in total. The number of nitrogens with zero attached hydrogens (tertiary/aromatic N) is 2. The number of furan rings is 1. The van der Waals surface area contributed by atoms with Crippen molar-refractivity contribution in [2.45, 2.75) is 18.0 Å². The second-order valence-corrected chi connectivity index (χ2v) is 7.71. The number of aromatic hydroxyl groups is 1. The Hall–Kier alpha value is -3.19. The predicted octanol–water partition coefficient (Wildman–Crippen LogP) is 3.65. The van der Waals surface area contributed by atoms with Gasteiger partial charge in [-0.25, -0.2) is 0 Å². The molecule has 3 aromatic rings. The highest BCUT2D eigenvalue weighted by atomic mass is 32.2. The summed E-state index contributed by atoms with van der Waals surface area (Å²) in [6, 6.07) is 18.1. The van der Waals surface area contributed by atoms with Crippen molar-refractivity contribution < 1.29 is 19.1 Å². The molecule has 148 valence electrons. The Bertz CT molecular complexity index is 1020. The number of rotatable bonds is 6. The van der Waals surface area contributed by atoms with Gasteiger partial charge in [0, 0.05) is 17.0 Å². The smallest absolute Gasteiger partial charge is 0.243 e. The highest BCUT2D eigenvalue weighted by Crippen LogP contribution is 2.35. The van der Waals surface area contributed by atoms with Crippen LogP contribution >= 0.6 is 11.8 Å². The second kappa shape index (κ2) is 8.45. The molecule has 0 fully saturated rings. The van der Waals surface area contributed by atoms with E-state index in [9.17, 15) is 14.7 Å². The van der Waals surface area contributed by atoms with Gasteiger partial charge in [0.15, 0.2) is 0 Å². The third kappa shape index (κ3) is 4.30. The van der Waals surface area contributed by atoms with Gasteiger partial charge >= 0.3 is 0 Å². The molecular formula is C22H20N2O4S. The van der Waals surface area contributed by atoms with Crippen molar-refractivity contribution in [2.24, 2.45) is 0 Å². The van der Waals surface area contributed by atoms with E-state index >= 15 is 0 Å². The summed E-state index contributed by atoms with van der Waals surface area (Å²) in [6.07, 6.45) is 1.56. The fourth-order valence-corrected chi connectivity index (χ4v) is 4.17. The topological polar surface area (TPSA) is 74.0 Å². The SMILES string of the molecule is O=C(CN1C(=O)CSc2ccccc21)N(Cc1ccco1)Cc1ccccc1O. The first-order valence-corrected chi connectivity index (χ1v) is 10.2. The van der Waals surface area contributed by atoms with Crippen LogP contribution in [0.3, 0.4) is 0 Å². The van der Waals surface area contributed by atoms with Crippen molar-refractivity contribution in [1.82, 2.24) is 4.90 Å². The van der Waals surface area contributed by atoms with E-state index in [2.05, 4.69) is 0 Å². The molecule has 2 amide bonds. The maximum Gasteiger partial charge on any atom is 0.243 e. The summed E-state index contributed by atoms with van der Waals surface area (Å²) >= 11 is 1.48. The third-order valence-corrected chi connectivity index (χ3v) is 5.78. The maximum atomic E-state index is 13.2. The van der Waals surface area contributed by atoms with Crippen LogP contribution in [0, 0.1) is 0 Å². The molecule has 0 saturated carbocycles. The minimum Gasteiger partial charge on any atom is -0.508 e. The minimum absolute atomic E-state index is 0.0648. The van der Waals surface area contributed by atoms with Crippen molar-refractivity contribution in [3.8, 4) is 5.75 Å². The Kier molecular flexibility index (Phi) is 5.57. The number of phenolic OH excluding ortho intramolecular Hbond substituents is 1. The first kappa shape index (κ1) is 19.1. The molecule has 2 heterocycles. The van der Waals surface area contributed by atoms with E-state index in [1.165, 1.54) is 16.7 Å². The Morgan fingerprint density at radius 1 is 1.07 bits per heavy atom. The molecule has 1 aliphatic rings. The van der Waals surface area contributed by atoms with Crippen LogP contribution in [0.5, 0.6) is 5.75 Å². The largest absolute Gasteiger partial charge is 0.508 e. The quantitative estimate of drug-likeness (QED) is 0.674. The molecule has 1 N–H and O–H groups in total. The Labute approximate surface area is 172 Å². The van der Waals surface area contributed by atoms with Gasteiger partial charge in [-0.3, -0.25) is 9.59 Å². The second-order valence-electron chi connectivity index (χ2n) is 6.69. The van der Waals surface area contributed by atoms with E-state index in [4.69, 9.17) is 4.42 Å². The standard InChI is InChI=1S/C22H20N2O4S/c25-19-9-3-1-6-16(19)12-23(13-17-7-5-11-28-17)21(26)14-24-18-8-2-4-10-20(18)29-15-22(24)27/h1-11,25H,12-15H2. The van der Waals surface area contributed by atoms with Crippen LogP contribution < -0.4 is 4.90 Å². The number of carbonyl (C=O) groups excluding carboxylic acids is 2. The van der Waals surface area contributed by atoms with Crippen LogP contribution in [0.4, 0.5) is 5.69 Å². The summed E-state index contributed by atoms with van der Waals surface area (Å²) in [6.45, 7) is 0.397. The number of fused-ring (bicyclic) bond motifs is 1. The molecule has 0 radical (unpaired) electrons. The van der Waals surface area contributed by atoms with Crippen LogP contribution in [-0.4, -0.2) is 34.1 Å². The number of amides is 2. The zero-order chi connectivity index (χ0) is 20.2. The summed E-state index contributed by atoms with van der Waals surface area (Å²) in [4.78, 5) is 29.8. The van der Waals surface area contributed by atoms with E-state index < -0.39 is 0 Å². The van der Waals surface area contributed by atoms with Crippen molar-refractivity contribution in [3.63, 3.8) is 0 Å². The summed E-state index contributed by atoms with van der Waals surface area (Å²) in [5.41, 5.74) is 1.39. The number of anilines is 1. The van der Waals surface area contributed by atoms with Gasteiger partial charge in [0.1, 0.15) is 18.1 Å². The Balaban J connectivity index is 1.58. The maximum absolute atomic E-state index is 13.2. The molecule has 0 atom stereocenters. The van der Waals surface area contributed by atoms with Gasteiger partial charge in [0.2, 0.25) is 11.8 Å². The van der Waals surface area contributed by atoms with Crippen molar-refractivity contribution in [2.75, 3.05) is 17.2 Å². The van der Waals surface area contributed by atoms with Crippen LogP contribution in [0.1, 0.15) is 11.3 Å². The van der Waals surface area contributed by atoms with Gasteiger partial charge in [0.25, 0.3) is 0 Å². The molecule has 0 saturated heterocycles. The lowest BCUT2D eigenvalue weighted by molar-refractivity contribution is -0.132. The summed E-state index contributed by atoms with van der Waals surface area (Å²) in [5, 5.41) is 10.1. The van der Waals surface area contributed by atoms with E-state index in [-0.39, 0.29) is 37.2 Å². The van der Waals surface area contributed by atoms with E-state index in [0.717, 1.165) is 10.6 Å². The van der Waals surface area contributed by atoms with Gasteiger partial charge in [-0.1, -0.05) is 30.3 Å². The van der Waals surface area contributed by atoms with Crippen molar-refractivity contribution >= 4 is 29.3 Å². The molecule has 0 aliphatic carbocycles. The number of benzene rings is 2. The van der Waals surface area contributed by atoms with Gasteiger partial charge in [-0.05, 0) is 30.3 Å². The van der Waals surface area contributed by atoms with Crippen LogP contribution in [-0.2, 0) is 22.7 Å².